The van der Waals surface area contributed by atoms with Crippen LogP contribution in [0.4, 0.5) is 5.13 Å². The molecule has 0 spiro atoms. The quantitative estimate of drug-likeness (QED) is 0.688. The molecule has 2 heterocycles. The zero-order valence-corrected chi connectivity index (χ0v) is 8.91. The molecule has 82 valence electrons. The Morgan fingerprint density at radius 1 is 1.87 bits per heavy atom. The molecule has 1 saturated heterocycles. The van der Waals surface area contributed by atoms with Gasteiger partial charge in [0.15, 0.2) is 5.13 Å². The number of hydrogen-bond acceptors (Lipinski definition) is 7. The van der Waals surface area contributed by atoms with Gasteiger partial charge >= 0.3 is 5.97 Å². The summed E-state index contributed by atoms with van der Waals surface area (Å²) in [6.45, 7) is 0.531. The van der Waals surface area contributed by atoms with Gasteiger partial charge in [-0.15, -0.1) is 11.3 Å². The fourth-order valence-corrected chi connectivity index (χ4v) is 1.95. The van der Waals surface area contributed by atoms with Crippen LogP contribution in [0, 0.1) is 0 Å². The Hall–Kier alpha value is -1.18. The minimum atomic E-state index is -0.706. The van der Waals surface area contributed by atoms with Crippen molar-refractivity contribution in [2.75, 3.05) is 19.4 Å². The van der Waals surface area contributed by atoms with Gasteiger partial charge in [0.2, 0.25) is 6.23 Å². The molecule has 1 fully saturated rings. The lowest BCUT2D eigenvalue weighted by atomic mass is 10.3. The number of carbonyl (C=O) groups excluding carboxylic acids is 1. The summed E-state index contributed by atoms with van der Waals surface area (Å²) in [6, 6.07) is 0. The number of methoxy groups -OCH3 is 1. The number of nitrogens with two attached hydrogens (primary N) is 1. The Kier molecular flexibility index (Phi) is 2.85. The smallest absolute Gasteiger partial charge is 0.350 e. The third-order valence-electron chi connectivity index (χ3n) is 2.07. The summed E-state index contributed by atoms with van der Waals surface area (Å²) in [5.41, 5.74) is 6.25. The third kappa shape index (κ3) is 2.09. The van der Waals surface area contributed by atoms with Crippen molar-refractivity contribution in [1.29, 1.82) is 0 Å². The number of esters is 1. The summed E-state index contributed by atoms with van der Waals surface area (Å²) in [7, 11) is 1.32. The van der Waals surface area contributed by atoms with Crippen molar-refractivity contribution < 1.29 is 14.3 Å². The van der Waals surface area contributed by atoms with Gasteiger partial charge in [-0.05, 0) is 0 Å². The van der Waals surface area contributed by atoms with E-state index in [9.17, 15) is 4.79 Å². The van der Waals surface area contributed by atoms with Gasteiger partial charge in [0, 0.05) is 11.9 Å². The van der Waals surface area contributed by atoms with Crippen LogP contribution in [0.1, 0.15) is 11.8 Å². The molecule has 1 aromatic rings. The maximum atomic E-state index is 11.1. The number of aromatic nitrogens is 1. The fraction of sp³-hybridized carbons (Fsp3) is 0.500. The highest BCUT2D eigenvalue weighted by Gasteiger charge is 2.32. The molecule has 7 heteroatoms. The number of thiazole rings is 1. The zero-order chi connectivity index (χ0) is 10.8. The molecule has 0 bridgehead atoms. The summed E-state index contributed by atoms with van der Waals surface area (Å²) in [4.78, 5) is 15.2. The van der Waals surface area contributed by atoms with E-state index in [4.69, 9.17) is 10.5 Å². The van der Waals surface area contributed by atoms with Crippen LogP contribution in [-0.2, 0) is 14.3 Å². The van der Waals surface area contributed by atoms with Crippen molar-refractivity contribution >= 4 is 22.4 Å². The summed E-state index contributed by atoms with van der Waals surface area (Å²) in [5, 5.41) is 5.21. The normalized spacial score (nSPS) is 25.4. The molecular formula is C8H11N3O3S. The predicted molar refractivity (Wildman–Crippen MR) is 54.2 cm³/mol. The van der Waals surface area contributed by atoms with E-state index in [1.165, 1.54) is 18.4 Å². The minimum Gasteiger partial charge on any atom is -0.466 e. The second-order valence-electron chi connectivity index (χ2n) is 3.05. The highest BCUT2D eigenvalue weighted by atomic mass is 32.1. The Morgan fingerprint density at radius 3 is 3.27 bits per heavy atom. The monoisotopic (exact) mass is 229 g/mol. The second-order valence-corrected chi connectivity index (χ2v) is 3.94. The topological polar surface area (TPSA) is 86.5 Å². The van der Waals surface area contributed by atoms with Crippen LogP contribution >= 0.6 is 11.3 Å². The number of ether oxygens (including phenoxy) is 2. The van der Waals surface area contributed by atoms with Crippen LogP contribution in [0.15, 0.2) is 5.38 Å². The first kappa shape index (κ1) is 10.3. The van der Waals surface area contributed by atoms with Crippen molar-refractivity contribution in [3.05, 3.63) is 11.1 Å². The maximum absolute atomic E-state index is 11.1. The van der Waals surface area contributed by atoms with Crippen molar-refractivity contribution in [2.45, 2.75) is 12.3 Å². The number of anilines is 1. The number of nitrogen functional groups attached to an aromatic ring is 1. The van der Waals surface area contributed by atoms with Gasteiger partial charge < -0.3 is 15.2 Å². The zero-order valence-electron chi connectivity index (χ0n) is 8.10. The van der Waals surface area contributed by atoms with Crippen LogP contribution in [0.3, 0.4) is 0 Å². The van der Waals surface area contributed by atoms with Crippen molar-refractivity contribution in [1.82, 2.24) is 10.3 Å². The molecule has 1 aromatic heterocycles. The first-order chi connectivity index (χ1) is 7.20. The Bertz CT molecular complexity index is 368. The maximum Gasteiger partial charge on any atom is 0.350 e. The molecule has 1 aliphatic rings. The molecule has 0 aliphatic carbocycles. The standard InChI is InChI=1S/C8H11N3O3S/c1-13-7(12)6-10-2-5(14-6)4-3-15-8(9)11-4/h3,5-6,10H,2H2,1H3,(H2,9,11). The average Bonchev–Trinajstić information content (AvgIpc) is 2.84. The van der Waals surface area contributed by atoms with Gasteiger partial charge in [-0.3, -0.25) is 5.32 Å². The Morgan fingerprint density at radius 2 is 2.67 bits per heavy atom. The predicted octanol–water partition coefficient (Wildman–Crippen LogP) is -0.115. The summed E-state index contributed by atoms with van der Waals surface area (Å²) >= 11 is 1.35. The Balaban J connectivity index is 2.01. The Labute approximate surface area is 90.4 Å². The molecule has 2 atom stereocenters. The van der Waals surface area contributed by atoms with Gasteiger partial charge in [-0.1, -0.05) is 0 Å². The van der Waals surface area contributed by atoms with E-state index < -0.39 is 12.2 Å². The SMILES string of the molecule is COC(=O)C1NCC(c2csc(N)n2)O1. The average molecular weight is 229 g/mol. The lowest BCUT2D eigenvalue weighted by Gasteiger charge is -2.08. The largest absolute Gasteiger partial charge is 0.466 e. The first-order valence-electron chi connectivity index (χ1n) is 4.38. The van der Waals surface area contributed by atoms with Crippen LogP contribution in [0.25, 0.3) is 0 Å². The molecule has 2 rings (SSSR count). The van der Waals surface area contributed by atoms with Crippen LogP contribution in [0.2, 0.25) is 0 Å². The van der Waals surface area contributed by atoms with E-state index in [0.29, 0.717) is 11.7 Å². The van der Waals surface area contributed by atoms with Crippen LogP contribution in [-0.4, -0.2) is 30.8 Å². The third-order valence-corrected chi connectivity index (χ3v) is 2.77. The number of nitrogens with zero attached hydrogens (tertiary/aromatic N) is 1. The second kappa shape index (κ2) is 4.13. The van der Waals surface area contributed by atoms with Gasteiger partial charge in [0.1, 0.15) is 6.10 Å². The molecule has 0 radical (unpaired) electrons. The molecule has 0 aromatic carbocycles. The van der Waals surface area contributed by atoms with Crippen LogP contribution < -0.4 is 11.1 Å². The molecule has 2 unspecified atom stereocenters. The van der Waals surface area contributed by atoms with Crippen molar-refractivity contribution in [2.24, 2.45) is 0 Å². The molecule has 0 amide bonds. The molecule has 1 aliphatic heterocycles. The van der Waals surface area contributed by atoms with E-state index in [0.717, 1.165) is 5.69 Å². The van der Waals surface area contributed by atoms with Gasteiger partial charge in [0.05, 0.1) is 12.8 Å². The van der Waals surface area contributed by atoms with E-state index in [1.807, 2.05) is 5.38 Å². The lowest BCUT2D eigenvalue weighted by Crippen LogP contribution is -2.32. The number of rotatable bonds is 2. The van der Waals surface area contributed by atoms with Crippen molar-refractivity contribution in [3.8, 4) is 0 Å². The van der Waals surface area contributed by atoms with Crippen LogP contribution in [0.5, 0.6) is 0 Å². The first-order valence-corrected chi connectivity index (χ1v) is 5.26. The van der Waals surface area contributed by atoms with E-state index in [2.05, 4.69) is 15.0 Å². The summed E-state index contributed by atoms with van der Waals surface area (Å²) < 4.78 is 9.97. The summed E-state index contributed by atoms with van der Waals surface area (Å²) in [5.74, 6) is -0.430. The van der Waals surface area contributed by atoms with Gasteiger partial charge in [0.25, 0.3) is 0 Å². The minimum absolute atomic E-state index is 0.234. The van der Waals surface area contributed by atoms with Gasteiger partial charge in [-0.25, -0.2) is 9.78 Å². The molecular weight excluding hydrogens is 218 g/mol. The summed E-state index contributed by atoms with van der Waals surface area (Å²) in [6.07, 6.45) is -0.939. The van der Waals surface area contributed by atoms with E-state index in [1.54, 1.807) is 0 Å². The molecule has 15 heavy (non-hydrogen) atoms. The van der Waals surface area contributed by atoms with Gasteiger partial charge in [-0.2, -0.15) is 0 Å². The van der Waals surface area contributed by atoms with E-state index >= 15 is 0 Å². The van der Waals surface area contributed by atoms with Crippen molar-refractivity contribution in [3.63, 3.8) is 0 Å². The molecule has 6 nitrogen and oxygen atoms in total. The van der Waals surface area contributed by atoms with E-state index in [-0.39, 0.29) is 6.10 Å². The number of carbonyl (C=O) groups is 1. The fourth-order valence-electron chi connectivity index (χ4n) is 1.34. The highest BCUT2D eigenvalue weighted by Crippen LogP contribution is 2.25. The lowest BCUT2D eigenvalue weighted by molar-refractivity contribution is -0.154. The number of nitrogens with one attached hydrogen (secondary N) is 1. The highest BCUT2D eigenvalue weighted by molar-refractivity contribution is 7.13. The molecule has 0 saturated carbocycles. The molecule has 3 N–H and O–H groups in total. The number of hydrogen-bond donors (Lipinski definition) is 2.